The molecule has 1 aromatic heterocycles. The van der Waals surface area contributed by atoms with Gasteiger partial charge in [0.2, 0.25) is 0 Å². The molecule has 0 saturated carbocycles. The molecule has 0 aliphatic carbocycles. The molecule has 0 unspecified atom stereocenters. The van der Waals surface area contributed by atoms with E-state index in [1.54, 1.807) is 18.2 Å². The number of H-pyrrole nitrogens is 1. The molecule has 0 aliphatic rings. The van der Waals surface area contributed by atoms with E-state index in [2.05, 4.69) is 31.4 Å². The summed E-state index contributed by atoms with van der Waals surface area (Å²) in [5.41, 5.74) is 2.74. The lowest BCUT2D eigenvalue weighted by Crippen LogP contribution is -2.25. The van der Waals surface area contributed by atoms with Gasteiger partial charge in [-0.1, -0.05) is 17.7 Å². The fraction of sp³-hybridized carbons (Fsp3) is 0.286. The van der Waals surface area contributed by atoms with E-state index in [1.807, 2.05) is 13.1 Å². The van der Waals surface area contributed by atoms with Gasteiger partial charge in [0.05, 0.1) is 16.8 Å². The first-order valence-electron chi connectivity index (χ1n) is 6.30. The molecule has 1 aromatic carbocycles. The van der Waals surface area contributed by atoms with Gasteiger partial charge >= 0.3 is 0 Å². The third-order valence-electron chi connectivity index (χ3n) is 3.04. The summed E-state index contributed by atoms with van der Waals surface area (Å²) in [6, 6.07) is 5.31. The van der Waals surface area contributed by atoms with E-state index in [4.69, 9.17) is 11.6 Å². The summed E-state index contributed by atoms with van der Waals surface area (Å²) < 4.78 is 0.723. The van der Waals surface area contributed by atoms with E-state index in [1.165, 1.54) is 5.56 Å². The second kappa shape index (κ2) is 6.90. The zero-order valence-electron chi connectivity index (χ0n) is 11.0. The number of hydrogen-bond acceptors (Lipinski definition) is 2. The molecule has 0 spiro atoms. The van der Waals surface area contributed by atoms with Crippen LogP contribution in [0.1, 0.15) is 28.0 Å². The molecule has 1 heterocycles. The van der Waals surface area contributed by atoms with Crippen molar-refractivity contribution in [1.82, 2.24) is 15.5 Å². The van der Waals surface area contributed by atoms with Crippen LogP contribution in [0.25, 0.3) is 0 Å². The van der Waals surface area contributed by atoms with E-state index in [-0.39, 0.29) is 5.91 Å². The molecule has 2 aromatic rings. The number of halogens is 2. The van der Waals surface area contributed by atoms with Gasteiger partial charge in [0.15, 0.2) is 0 Å². The fourth-order valence-electron chi connectivity index (χ4n) is 1.88. The number of amides is 1. The van der Waals surface area contributed by atoms with E-state index < -0.39 is 0 Å². The lowest BCUT2D eigenvalue weighted by molar-refractivity contribution is 0.0953. The first-order valence-corrected chi connectivity index (χ1v) is 7.47. The molecule has 2 N–H and O–H groups in total. The molecular formula is C14H15BrClN3O. The third kappa shape index (κ3) is 3.61. The Morgan fingerprint density at radius 1 is 1.50 bits per heavy atom. The summed E-state index contributed by atoms with van der Waals surface area (Å²) in [7, 11) is 0. The SMILES string of the molecule is Cc1[nH]ncc1CCCNC(=O)c1cccc(Br)c1Cl. The summed E-state index contributed by atoms with van der Waals surface area (Å²) >= 11 is 9.39. The number of carbonyl (C=O) groups excluding carboxylic acids is 1. The Kier molecular flexibility index (Phi) is 5.20. The Hall–Kier alpha value is -1.33. The highest BCUT2D eigenvalue weighted by atomic mass is 79.9. The molecule has 4 nitrogen and oxygen atoms in total. The predicted octanol–water partition coefficient (Wildman–Crippen LogP) is 3.50. The van der Waals surface area contributed by atoms with Crippen LogP contribution in [0, 0.1) is 6.92 Å². The minimum atomic E-state index is -0.153. The van der Waals surface area contributed by atoms with Crippen molar-refractivity contribution in [2.75, 3.05) is 6.54 Å². The van der Waals surface area contributed by atoms with Crippen molar-refractivity contribution in [2.45, 2.75) is 19.8 Å². The first kappa shape index (κ1) is 15.1. The van der Waals surface area contributed by atoms with Crippen molar-refractivity contribution in [3.05, 3.63) is 50.7 Å². The molecule has 2 rings (SSSR count). The second-order valence-electron chi connectivity index (χ2n) is 4.48. The highest BCUT2D eigenvalue weighted by Crippen LogP contribution is 2.25. The van der Waals surface area contributed by atoms with Crippen LogP contribution in [-0.2, 0) is 6.42 Å². The summed E-state index contributed by atoms with van der Waals surface area (Å²) in [5.74, 6) is -0.153. The Morgan fingerprint density at radius 3 is 3.00 bits per heavy atom. The Labute approximate surface area is 131 Å². The maximum atomic E-state index is 12.0. The largest absolute Gasteiger partial charge is 0.352 e. The number of benzene rings is 1. The van der Waals surface area contributed by atoms with E-state index in [0.29, 0.717) is 17.1 Å². The Morgan fingerprint density at radius 2 is 2.30 bits per heavy atom. The summed E-state index contributed by atoms with van der Waals surface area (Å²) in [5, 5.41) is 10.2. The van der Waals surface area contributed by atoms with Crippen molar-refractivity contribution >= 4 is 33.4 Å². The minimum Gasteiger partial charge on any atom is -0.352 e. The quantitative estimate of drug-likeness (QED) is 0.806. The van der Waals surface area contributed by atoms with E-state index >= 15 is 0 Å². The van der Waals surface area contributed by atoms with Crippen LogP contribution in [0.3, 0.4) is 0 Å². The highest BCUT2D eigenvalue weighted by Gasteiger charge is 2.11. The zero-order valence-corrected chi connectivity index (χ0v) is 13.4. The van der Waals surface area contributed by atoms with Gasteiger partial charge in [0.25, 0.3) is 5.91 Å². The molecule has 106 valence electrons. The Balaban J connectivity index is 1.84. The molecule has 0 aliphatic heterocycles. The molecule has 20 heavy (non-hydrogen) atoms. The van der Waals surface area contributed by atoms with Gasteiger partial charge in [-0.25, -0.2) is 0 Å². The fourth-order valence-corrected chi connectivity index (χ4v) is 2.46. The number of nitrogens with one attached hydrogen (secondary N) is 2. The van der Waals surface area contributed by atoms with Crippen molar-refractivity contribution < 1.29 is 4.79 Å². The molecular weight excluding hydrogens is 342 g/mol. The molecule has 1 amide bonds. The average Bonchev–Trinajstić information content (AvgIpc) is 2.83. The third-order valence-corrected chi connectivity index (χ3v) is 4.34. The number of aromatic amines is 1. The van der Waals surface area contributed by atoms with Crippen LogP contribution in [0.15, 0.2) is 28.9 Å². The normalized spacial score (nSPS) is 10.6. The summed E-state index contributed by atoms with van der Waals surface area (Å²) in [4.78, 5) is 12.0. The van der Waals surface area contributed by atoms with Gasteiger partial charge in [-0.3, -0.25) is 9.89 Å². The molecule has 0 saturated heterocycles. The van der Waals surface area contributed by atoms with Gasteiger partial charge in [-0.2, -0.15) is 5.10 Å². The smallest absolute Gasteiger partial charge is 0.252 e. The van der Waals surface area contributed by atoms with Crippen LogP contribution in [0.4, 0.5) is 0 Å². The van der Waals surface area contributed by atoms with E-state index in [0.717, 1.165) is 23.0 Å². The highest BCUT2D eigenvalue weighted by molar-refractivity contribution is 9.10. The standard InChI is InChI=1S/C14H15BrClN3O/c1-9-10(8-18-19-9)4-3-7-17-14(20)11-5-2-6-12(15)13(11)16/h2,5-6,8H,3-4,7H2,1H3,(H,17,20)(H,18,19). The van der Waals surface area contributed by atoms with Crippen LogP contribution >= 0.6 is 27.5 Å². The van der Waals surface area contributed by atoms with Crippen LogP contribution in [0.2, 0.25) is 5.02 Å². The number of aromatic nitrogens is 2. The van der Waals surface area contributed by atoms with Crippen molar-refractivity contribution in [3.8, 4) is 0 Å². The number of aryl methyl sites for hydroxylation is 2. The molecule has 0 fully saturated rings. The van der Waals surface area contributed by atoms with Gasteiger partial charge in [0, 0.05) is 16.7 Å². The van der Waals surface area contributed by atoms with Gasteiger partial charge in [0.1, 0.15) is 0 Å². The summed E-state index contributed by atoms with van der Waals surface area (Å²) in [6.07, 6.45) is 3.56. The van der Waals surface area contributed by atoms with Crippen molar-refractivity contribution in [3.63, 3.8) is 0 Å². The van der Waals surface area contributed by atoms with Crippen LogP contribution in [-0.4, -0.2) is 22.6 Å². The minimum absolute atomic E-state index is 0.153. The summed E-state index contributed by atoms with van der Waals surface area (Å²) in [6.45, 7) is 2.59. The van der Waals surface area contributed by atoms with E-state index in [9.17, 15) is 4.79 Å². The monoisotopic (exact) mass is 355 g/mol. The van der Waals surface area contributed by atoms with Gasteiger partial charge in [-0.15, -0.1) is 0 Å². The molecule has 0 atom stereocenters. The van der Waals surface area contributed by atoms with Crippen molar-refractivity contribution in [2.24, 2.45) is 0 Å². The maximum absolute atomic E-state index is 12.0. The number of carbonyl (C=O) groups is 1. The topological polar surface area (TPSA) is 57.8 Å². The molecule has 6 heteroatoms. The van der Waals surface area contributed by atoms with Crippen LogP contribution in [0.5, 0.6) is 0 Å². The molecule has 0 bridgehead atoms. The maximum Gasteiger partial charge on any atom is 0.252 e. The van der Waals surface area contributed by atoms with Crippen molar-refractivity contribution in [1.29, 1.82) is 0 Å². The predicted molar refractivity (Wildman–Crippen MR) is 83.1 cm³/mol. The first-order chi connectivity index (χ1) is 9.59. The Bertz CT molecular complexity index is 612. The van der Waals surface area contributed by atoms with Gasteiger partial charge < -0.3 is 5.32 Å². The average molecular weight is 357 g/mol. The lowest BCUT2D eigenvalue weighted by Gasteiger charge is -2.07. The number of rotatable bonds is 5. The lowest BCUT2D eigenvalue weighted by atomic mass is 10.1. The van der Waals surface area contributed by atoms with Gasteiger partial charge in [-0.05, 0) is 53.4 Å². The zero-order chi connectivity index (χ0) is 14.5. The number of hydrogen-bond donors (Lipinski definition) is 2. The molecule has 0 radical (unpaired) electrons. The van der Waals surface area contributed by atoms with Crippen LogP contribution < -0.4 is 5.32 Å². The number of nitrogens with zero attached hydrogens (tertiary/aromatic N) is 1. The second-order valence-corrected chi connectivity index (χ2v) is 5.71.